The highest BCUT2D eigenvalue weighted by atomic mass is 16.5. The third-order valence-electron chi connectivity index (χ3n) is 3.05. The van der Waals surface area contributed by atoms with Crippen molar-refractivity contribution in [2.45, 2.75) is 20.3 Å². The van der Waals surface area contributed by atoms with Crippen LogP contribution in [0.15, 0.2) is 23.9 Å². The first kappa shape index (κ1) is 13.1. The molecule has 0 saturated carbocycles. The van der Waals surface area contributed by atoms with Crippen LogP contribution >= 0.6 is 0 Å². The highest BCUT2D eigenvalue weighted by Gasteiger charge is 2.17. The molecule has 0 atom stereocenters. The van der Waals surface area contributed by atoms with E-state index in [1.54, 1.807) is 0 Å². The van der Waals surface area contributed by atoms with Crippen LogP contribution in [0.25, 0.3) is 0 Å². The lowest BCUT2D eigenvalue weighted by molar-refractivity contribution is -0.134. The summed E-state index contributed by atoms with van der Waals surface area (Å²) in [6.45, 7) is 3.98. The van der Waals surface area contributed by atoms with Gasteiger partial charge >= 0.3 is 5.97 Å². The minimum absolute atomic E-state index is 0.113. The molecule has 0 spiro atoms. The van der Waals surface area contributed by atoms with Gasteiger partial charge in [0.15, 0.2) is 0 Å². The average molecular weight is 260 g/mol. The molecule has 0 radical (unpaired) electrons. The van der Waals surface area contributed by atoms with Crippen molar-refractivity contribution >= 4 is 23.3 Å². The zero-order valence-corrected chi connectivity index (χ0v) is 11.2. The van der Waals surface area contributed by atoms with Crippen molar-refractivity contribution < 1.29 is 14.3 Å². The van der Waals surface area contributed by atoms with Gasteiger partial charge in [-0.2, -0.15) is 0 Å². The lowest BCUT2D eigenvalue weighted by Crippen LogP contribution is -2.11. The van der Waals surface area contributed by atoms with Gasteiger partial charge in [0, 0.05) is 11.8 Å². The Morgan fingerprint density at radius 3 is 2.37 bits per heavy atom. The Balaban J connectivity index is 2.41. The predicted molar refractivity (Wildman–Crippen MR) is 72.9 cm³/mol. The van der Waals surface area contributed by atoms with Gasteiger partial charge in [0.25, 0.3) is 0 Å². The van der Waals surface area contributed by atoms with E-state index in [2.05, 4.69) is 15.4 Å². The molecular weight excluding hydrogens is 244 g/mol. The number of fused-ring (bicyclic) bond motifs is 1. The van der Waals surface area contributed by atoms with Crippen molar-refractivity contribution in [2.24, 2.45) is 0 Å². The lowest BCUT2D eigenvalue weighted by Gasteiger charge is -2.11. The summed E-state index contributed by atoms with van der Waals surface area (Å²) in [6, 6.07) is 3.86. The number of hydrogen-bond donors (Lipinski definition) is 2. The molecule has 0 saturated heterocycles. The standard InChI is InChI=1S/C14H16N2O3/c1-8-4-11-12(5-9(8)2)16-13(17)6-10(15-11)7-14(18)19-3/h4-5,7,15H,6H2,1-3H3,(H,16,17)/b10-7-. The van der Waals surface area contributed by atoms with Crippen molar-refractivity contribution in [1.29, 1.82) is 0 Å². The molecule has 1 aromatic carbocycles. The molecule has 1 heterocycles. The fourth-order valence-corrected chi connectivity index (χ4v) is 1.90. The van der Waals surface area contributed by atoms with Crippen LogP contribution in [0, 0.1) is 13.8 Å². The average Bonchev–Trinajstić information content (AvgIpc) is 2.48. The molecule has 0 fully saturated rings. The Hall–Kier alpha value is -2.30. The second kappa shape index (κ2) is 5.14. The Bertz CT molecular complexity index is 576. The number of carbonyl (C=O) groups excluding carboxylic acids is 2. The van der Waals surface area contributed by atoms with E-state index in [0.29, 0.717) is 5.70 Å². The number of rotatable bonds is 1. The Kier molecular flexibility index (Phi) is 3.55. The zero-order valence-electron chi connectivity index (χ0n) is 11.2. The summed E-state index contributed by atoms with van der Waals surface area (Å²) < 4.78 is 4.57. The highest BCUT2D eigenvalue weighted by Crippen LogP contribution is 2.30. The summed E-state index contributed by atoms with van der Waals surface area (Å²) in [7, 11) is 1.30. The van der Waals surface area contributed by atoms with Crippen molar-refractivity contribution in [3.8, 4) is 0 Å². The van der Waals surface area contributed by atoms with Crippen molar-refractivity contribution in [2.75, 3.05) is 17.7 Å². The maximum Gasteiger partial charge on any atom is 0.332 e. The van der Waals surface area contributed by atoms with Gasteiger partial charge in [0.1, 0.15) is 0 Å². The molecule has 0 bridgehead atoms. The fraction of sp³-hybridized carbons (Fsp3) is 0.286. The van der Waals surface area contributed by atoms with Crippen LogP contribution in [0.1, 0.15) is 17.5 Å². The lowest BCUT2D eigenvalue weighted by atomic mass is 10.1. The second-order valence-electron chi connectivity index (χ2n) is 4.52. The van der Waals surface area contributed by atoms with Gasteiger partial charge < -0.3 is 15.4 Å². The number of aryl methyl sites for hydroxylation is 2. The maximum atomic E-state index is 11.8. The normalized spacial score (nSPS) is 16.2. The van der Waals surface area contributed by atoms with E-state index in [9.17, 15) is 9.59 Å². The van der Waals surface area contributed by atoms with Crippen molar-refractivity contribution in [3.05, 3.63) is 35.0 Å². The van der Waals surface area contributed by atoms with Gasteiger partial charge in [-0.25, -0.2) is 4.79 Å². The number of benzene rings is 1. The number of methoxy groups -OCH3 is 1. The summed E-state index contributed by atoms with van der Waals surface area (Å²) in [6.07, 6.45) is 1.41. The Morgan fingerprint density at radius 2 is 1.79 bits per heavy atom. The van der Waals surface area contributed by atoms with Crippen molar-refractivity contribution in [1.82, 2.24) is 0 Å². The first-order valence-electron chi connectivity index (χ1n) is 5.96. The van der Waals surface area contributed by atoms with Crippen LogP contribution in [0.2, 0.25) is 0 Å². The molecule has 2 N–H and O–H groups in total. The molecule has 5 heteroatoms. The smallest absolute Gasteiger partial charge is 0.332 e. The van der Waals surface area contributed by atoms with Crippen LogP contribution in [-0.4, -0.2) is 19.0 Å². The highest BCUT2D eigenvalue weighted by molar-refractivity contribution is 5.99. The summed E-state index contributed by atoms with van der Waals surface area (Å²) in [4.78, 5) is 23.0. The van der Waals surface area contributed by atoms with E-state index in [1.165, 1.54) is 13.2 Å². The molecule has 0 unspecified atom stereocenters. The summed E-state index contributed by atoms with van der Waals surface area (Å²) >= 11 is 0. The van der Waals surface area contributed by atoms with Crippen LogP contribution in [0.3, 0.4) is 0 Å². The van der Waals surface area contributed by atoms with Crippen molar-refractivity contribution in [3.63, 3.8) is 0 Å². The van der Waals surface area contributed by atoms with Gasteiger partial charge in [-0.05, 0) is 37.1 Å². The Labute approximate surface area is 111 Å². The predicted octanol–water partition coefficient (Wildman–Crippen LogP) is 2.11. The molecule has 1 aliphatic heterocycles. The molecule has 0 aromatic heterocycles. The number of nitrogens with one attached hydrogen (secondary N) is 2. The number of ether oxygens (including phenoxy) is 1. The first-order valence-corrected chi connectivity index (χ1v) is 5.96. The van der Waals surface area contributed by atoms with E-state index in [0.717, 1.165) is 22.5 Å². The third kappa shape index (κ3) is 2.93. The van der Waals surface area contributed by atoms with Crippen LogP contribution in [0.5, 0.6) is 0 Å². The molecule has 2 rings (SSSR count). The van der Waals surface area contributed by atoms with E-state index in [4.69, 9.17) is 0 Å². The molecule has 19 heavy (non-hydrogen) atoms. The molecule has 100 valence electrons. The van der Waals surface area contributed by atoms with E-state index in [1.807, 2.05) is 26.0 Å². The maximum absolute atomic E-state index is 11.8. The van der Waals surface area contributed by atoms with E-state index >= 15 is 0 Å². The topological polar surface area (TPSA) is 67.4 Å². The number of carbonyl (C=O) groups is 2. The molecule has 0 aliphatic carbocycles. The summed E-state index contributed by atoms with van der Waals surface area (Å²) in [5, 5.41) is 5.92. The summed E-state index contributed by atoms with van der Waals surface area (Å²) in [5.74, 6) is -0.646. The molecule has 1 amide bonds. The van der Waals surface area contributed by atoms with Gasteiger partial charge in [-0.15, -0.1) is 0 Å². The van der Waals surface area contributed by atoms with Crippen LogP contribution in [-0.2, 0) is 14.3 Å². The largest absolute Gasteiger partial charge is 0.466 e. The number of hydrogen-bond acceptors (Lipinski definition) is 4. The number of anilines is 2. The molecule has 5 nitrogen and oxygen atoms in total. The van der Waals surface area contributed by atoms with E-state index in [-0.39, 0.29) is 12.3 Å². The monoisotopic (exact) mass is 260 g/mol. The SMILES string of the molecule is COC(=O)/C=C1/CC(=O)Nc2cc(C)c(C)cc2N1. The summed E-state index contributed by atoms with van der Waals surface area (Å²) in [5.41, 5.74) is 4.23. The number of amides is 1. The molecular formula is C14H16N2O3. The molecule has 1 aliphatic rings. The Morgan fingerprint density at radius 1 is 1.21 bits per heavy atom. The first-order chi connectivity index (χ1) is 8.99. The minimum atomic E-state index is -0.484. The van der Waals surface area contributed by atoms with E-state index < -0.39 is 5.97 Å². The minimum Gasteiger partial charge on any atom is -0.466 e. The van der Waals surface area contributed by atoms with Gasteiger partial charge in [-0.1, -0.05) is 0 Å². The van der Waals surface area contributed by atoms with Crippen LogP contribution in [0.4, 0.5) is 11.4 Å². The zero-order chi connectivity index (χ0) is 14.0. The number of esters is 1. The molecule has 1 aromatic rings. The van der Waals surface area contributed by atoms with Gasteiger partial charge in [0.05, 0.1) is 24.9 Å². The quantitative estimate of drug-likeness (QED) is 0.599. The van der Waals surface area contributed by atoms with Crippen LogP contribution < -0.4 is 10.6 Å². The van der Waals surface area contributed by atoms with Gasteiger partial charge in [-0.3, -0.25) is 4.79 Å². The van der Waals surface area contributed by atoms with Gasteiger partial charge in [0.2, 0.25) is 5.91 Å². The third-order valence-corrected chi connectivity index (χ3v) is 3.05. The fourth-order valence-electron chi connectivity index (χ4n) is 1.90. The second-order valence-corrected chi connectivity index (χ2v) is 4.52.